The molecular weight excluding hydrogens is 339 g/mol. The maximum Gasteiger partial charge on any atom is 0.259 e. The van der Waals surface area contributed by atoms with Gasteiger partial charge in [-0.05, 0) is 24.3 Å². The summed E-state index contributed by atoms with van der Waals surface area (Å²) in [5, 5.41) is 17.6. The number of aldehydes is 1. The van der Waals surface area contributed by atoms with Crippen LogP contribution in [0.3, 0.4) is 0 Å². The molecule has 2 rings (SSSR count). The van der Waals surface area contributed by atoms with Gasteiger partial charge in [-0.15, -0.1) is 0 Å². The van der Waals surface area contributed by atoms with Gasteiger partial charge >= 0.3 is 0 Å². The minimum absolute atomic E-state index is 0.207. The molecule has 0 atom stereocenters. The lowest BCUT2D eigenvalue weighted by Gasteiger charge is -2.13. The van der Waals surface area contributed by atoms with Gasteiger partial charge in [0.1, 0.15) is 5.82 Å². The number of pyridine rings is 1. The highest BCUT2D eigenvalue weighted by Crippen LogP contribution is 2.29. The first kappa shape index (κ1) is 19.1. The van der Waals surface area contributed by atoms with Crippen molar-refractivity contribution in [2.75, 3.05) is 30.0 Å². The number of aliphatic hydroxyl groups is 1. The van der Waals surface area contributed by atoms with E-state index >= 15 is 0 Å². The standard InChI is InChI=1S/C18H19FN4O3/c1-20-15-7-14(19)6-12(17(15)21-2)5-13(10-25)18(26)23-16-8-22-4-3-11(16)9-24/h3-8,10,20-21,24H,9H2,1-2H3,(H,23,26)/b13-5+. The molecule has 8 heteroatoms. The number of hydrogen-bond acceptors (Lipinski definition) is 6. The molecule has 0 aliphatic carbocycles. The van der Waals surface area contributed by atoms with Crippen molar-refractivity contribution in [1.82, 2.24) is 4.98 Å². The van der Waals surface area contributed by atoms with Crippen LogP contribution in [0.4, 0.5) is 21.5 Å². The predicted octanol–water partition coefficient (Wildman–Crippen LogP) is 2.02. The quantitative estimate of drug-likeness (QED) is 0.261. The number of benzene rings is 1. The van der Waals surface area contributed by atoms with Gasteiger partial charge < -0.3 is 21.1 Å². The Bertz CT molecular complexity index is 852. The summed E-state index contributed by atoms with van der Waals surface area (Å²) in [5.74, 6) is -1.21. The van der Waals surface area contributed by atoms with E-state index < -0.39 is 11.7 Å². The number of aliphatic hydroxyl groups excluding tert-OH is 1. The molecule has 0 aliphatic rings. The summed E-state index contributed by atoms with van der Waals surface area (Å²) in [7, 11) is 3.28. The van der Waals surface area contributed by atoms with Crippen LogP contribution in [0.5, 0.6) is 0 Å². The molecule has 0 aliphatic heterocycles. The smallest absolute Gasteiger partial charge is 0.259 e. The molecule has 1 aromatic heterocycles. The van der Waals surface area contributed by atoms with Crippen molar-refractivity contribution in [3.05, 3.63) is 53.1 Å². The molecule has 0 saturated heterocycles. The van der Waals surface area contributed by atoms with E-state index in [1.807, 2.05) is 0 Å². The molecule has 26 heavy (non-hydrogen) atoms. The molecular formula is C18H19FN4O3. The zero-order valence-corrected chi connectivity index (χ0v) is 14.3. The molecule has 0 bridgehead atoms. The normalized spacial score (nSPS) is 11.0. The van der Waals surface area contributed by atoms with E-state index in [0.717, 1.165) is 0 Å². The first-order valence-corrected chi connectivity index (χ1v) is 7.75. The molecule has 0 saturated carbocycles. The van der Waals surface area contributed by atoms with E-state index in [2.05, 4.69) is 20.9 Å². The maximum absolute atomic E-state index is 13.8. The molecule has 2 aromatic rings. The van der Waals surface area contributed by atoms with Crippen molar-refractivity contribution in [1.29, 1.82) is 0 Å². The van der Waals surface area contributed by atoms with E-state index in [1.54, 1.807) is 20.2 Å². The molecule has 1 amide bonds. The first-order valence-electron chi connectivity index (χ1n) is 7.75. The average molecular weight is 358 g/mol. The lowest BCUT2D eigenvalue weighted by molar-refractivity contribution is -0.115. The van der Waals surface area contributed by atoms with Gasteiger partial charge in [0.05, 0.1) is 35.4 Å². The van der Waals surface area contributed by atoms with Crippen LogP contribution >= 0.6 is 0 Å². The zero-order valence-electron chi connectivity index (χ0n) is 14.3. The largest absolute Gasteiger partial charge is 0.392 e. The highest BCUT2D eigenvalue weighted by Gasteiger charge is 2.14. The van der Waals surface area contributed by atoms with Gasteiger partial charge in [-0.2, -0.15) is 0 Å². The second-order valence-corrected chi connectivity index (χ2v) is 5.28. The van der Waals surface area contributed by atoms with Crippen molar-refractivity contribution in [3.63, 3.8) is 0 Å². The van der Waals surface area contributed by atoms with Crippen LogP contribution in [0.25, 0.3) is 6.08 Å². The number of aromatic nitrogens is 1. The lowest BCUT2D eigenvalue weighted by atomic mass is 10.1. The summed E-state index contributed by atoms with van der Waals surface area (Å²) in [6.45, 7) is -0.294. The van der Waals surface area contributed by atoms with Crippen molar-refractivity contribution >= 4 is 35.3 Å². The number of nitrogens with zero attached hydrogens (tertiary/aromatic N) is 1. The third kappa shape index (κ3) is 4.22. The number of rotatable bonds is 7. The topological polar surface area (TPSA) is 103 Å². The van der Waals surface area contributed by atoms with Gasteiger partial charge in [-0.3, -0.25) is 14.6 Å². The lowest BCUT2D eigenvalue weighted by Crippen LogP contribution is -2.16. The van der Waals surface area contributed by atoms with E-state index in [0.29, 0.717) is 28.8 Å². The fourth-order valence-corrected chi connectivity index (χ4v) is 2.41. The summed E-state index contributed by atoms with van der Waals surface area (Å²) in [4.78, 5) is 27.7. The number of carbonyl (C=O) groups excluding carboxylic acids is 2. The predicted molar refractivity (Wildman–Crippen MR) is 98.3 cm³/mol. The summed E-state index contributed by atoms with van der Waals surface area (Å²) in [5.41, 5.74) is 1.90. The number of hydrogen-bond donors (Lipinski definition) is 4. The van der Waals surface area contributed by atoms with Crippen LogP contribution in [0.1, 0.15) is 11.1 Å². The van der Waals surface area contributed by atoms with Gasteiger partial charge in [0, 0.05) is 31.4 Å². The third-order valence-electron chi connectivity index (χ3n) is 3.68. The zero-order chi connectivity index (χ0) is 19.1. The summed E-state index contributed by atoms with van der Waals surface area (Å²) < 4.78 is 13.8. The second-order valence-electron chi connectivity index (χ2n) is 5.28. The molecule has 7 nitrogen and oxygen atoms in total. The van der Waals surface area contributed by atoms with Crippen molar-refractivity contribution in [2.45, 2.75) is 6.61 Å². The van der Waals surface area contributed by atoms with Crippen molar-refractivity contribution in [3.8, 4) is 0 Å². The van der Waals surface area contributed by atoms with Gasteiger partial charge in [-0.25, -0.2) is 4.39 Å². The van der Waals surface area contributed by atoms with Gasteiger partial charge in [-0.1, -0.05) is 0 Å². The minimum atomic E-state index is -0.694. The van der Waals surface area contributed by atoms with E-state index in [-0.39, 0.29) is 17.9 Å². The molecule has 4 N–H and O–H groups in total. The highest BCUT2D eigenvalue weighted by atomic mass is 19.1. The van der Waals surface area contributed by atoms with Crippen LogP contribution in [0.2, 0.25) is 0 Å². The van der Waals surface area contributed by atoms with E-state index in [4.69, 9.17) is 0 Å². The Hall–Kier alpha value is -3.26. The van der Waals surface area contributed by atoms with Crippen LogP contribution in [-0.2, 0) is 16.2 Å². The monoisotopic (exact) mass is 358 g/mol. The number of nitrogens with one attached hydrogen (secondary N) is 3. The number of amides is 1. The molecule has 1 aromatic carbocycles. The van der Waals surface area contributed by atoms with Crippen LogP contribution < -0.4 is 16.0 Å². The summed E-state index contributed by atoms with van der Waals surface area (Å²) in [6.07, 6.45) is 4.51. The SMILES string of the molecule is CNc1cc(F)cc(/C=C(\C=O)C(=O)Nc2cnccc2CO)c1NC. The van der Waals surface area contributed by atoms with E-state index in [1.165, 1.54) is 30.6 Å². The minimum Gasteiger partial charge on any atom is -0.392 e. The fraction of sp³-hybridized carbons (Fsp3) is 0.167. The molecule has 1 heterocycles. The molecule has 0 spiro atoms. The Labute approximate surface area is 150 Å². The van der Waals surface area contributed by atoms with Crippen molar-refractivity contribution in [2.24, 2.45) is 0 Å². The first-order chi connectivity index (χ1) is 12.5. The van der Waals surface area contributed by atoms with Crippen molar-refractivity contribution < 1.29 is 19.1 Å². The fourth-order valence-electron chi connectivity index (χ4n) is 2.41. The van der Waals surface area contributed by atoms with Gasteiger partial charge in [0.2, 0.25) is 0 Å². The summed E-state index contributed by atoms with van der Waals surface area (Å²) >= 11 is 0. The Morgan fingerprint density at radius 3 is 2.65 bits per heavy atom. The Kier molecular flexibility index (Phi) is 6.40. The molecule has 0 unspecified atom stereocenters. The Morgan fingerprint density at radius 2 is 2.04 bits per heavy atom. The molecule has 0 fully saturated rings. The number of carbonyl (C=O) groups is 2. The number of anilines is 3. The highest BCUT2D eigenvalue weighted by molar-refractivity contribution is 6.20. The van der Waals surface area contributed by atoms with Crippen LogP contribution in [0, 0.1) is 5.82 Å². The Morgan fingerprint density at radius 1 is 1.27 bits per heavy atom. The van der Waals surface area contributed by atoms with Gasteiger partial charge in [0.15, 0.2) is 6.29 Å². The molecule has 136 valence electrons. The van der Waals surface area contributed by atoms with Crippen LogP contribution in [0.15, 0.2) is 36.2 Å². The number of halogens is 1. The third-order valence-corrected chi connectivity index (χ3v) is 3.68. The van der Waals surface area contributed by atoms with Gasteiger partial charge in [0.25, 0.3) is 5.91 Å². The molecule has 0 radical (unpaired) electrons. The summed E-state index contributed by atoms with van der Waals surface area (Å²) in [6, 6.07) is 4.06. The van der Waals surface area contributed by atoms with Crippen LogP contribution in [-0.4, -0.2) is 36.4 Å². The second kappa shape index (κ2) is 8.72. The van der Waals surface area contributed by atoms with E-state index in [9.17, 15) is 19.1 Å². The average Bonchev–Trinajstić information content (AvgIpc) is 2.65. The Balaban J connectivity index is 2.40. The maximum atomic E-state index is 13.8.